The van der Waals surface area contributed by atoms with Gasteiger partial charge in [-0.05, 0) is 36.6 Å². The molecule has 9 heteroatoms. The number of ether oxygens (including phenoxy) is 2. The predicted octanol–water partition coefficient (Wildman–Crippen LogP) is 3.04. The number of anilines is 2. The van der Waals surface area contributed by atoms with Crippen molar-refractivity contribution >= 4 is 23.2 Å². The second-order valence-corrected chi connectivity index (χ2v) is 10.2. The number of nitrogens with zero attached hydrogens (tertiary/aromatic N) is 3. The number of carbonyl (C=O) groups is 2. The minimum atomic E-state index is -0.850. The third-order valence-corrected chi connectivity index (χ3v) is 7.63. The number of hydrogen-bond acceptors (Lipinski definition) is 7. The van der Waals surface area contributed by atoms with Crippen LogP contribution in [0.2, 0.25) is 0 Å². The molecule has 0 radical (unpaired) electrons. The highest BCUT2D eigenvalue weighted by Gasteiger charge is 2.44. The van der Waals surface area contributed by atoms with Crippen LogP contribution in [0.15, 0.2) is 59.1 Å². The molecule has 2 saturated heterocycles. The van der Waals surface area contributed by atoms with Crippen molar-refractivity contribution in [3.8, 4) is 5.75 Å². The van der Waals surface area contributed by atoms with Crippen molar-refractivity contribution in [1.82, 2.24) is 10.5 Å². The third-order valence-electron chi connectivity index (χ3n) is 7.63. The SMILES string of the molecule is CN1C(=O)[C@H](NC(=O)c2cc(Cc3ccccc3)on2)COc2ccc(N3CC4(CCOCC4)C3)cc21. The van der Waals surface area contributed by atoms with Gasteiger partial charge in [0.2, 0.25) is 0 Å². The summed E-state index contributed by atoms with van der Waals surface area (Å²) in [6.07, 6.45) is 2.71. The molecule has 3 aliphatic rings. The Bertz CT molecular complexity index is 1290. The lowest BCUT2D eigenvalue weighted by Gasteiger charge is -2.53. The minimum absolute atomic E-state index is 0.0306. The monoisotopic (exact) mass is 502 g/mol. The fourth-order valence-electron chi connectivity index (χ4n) is 5.39. The number of carbonyl (C=O) groups excluding carboxylic acids is 2. The Balaban J connectivity index is 1.11. The number of benzene rings is 2. The molecule has 0 aliphatic carbocycles. The zero-order chi connectivity index (χ0) is 25.4. The summed E-state index contributed by atoms with van der Waals surface area (Å²) in [6, 6.07) is 16.5. The predicted molar refractivity (Wildman–Crippen MR) is 137 cm³/mol. The fourth-order valence-corrected chi connectivity index (χ4v) is 5.39. The highest BCUT2D eigenvalue weighted by atomic mass is 16.5. The maximum Gasteiger partial charge on any atom is 0.274 e. The quantitative estimate of drug-likeness (QED) is 0.573. The van der Waals surface area contributed by atoms with Crippen molar-refractivity contribution < 1.29 is 23.6 Å². The average Bonchev–Trinajstić information content (AvgIpc) is 3.34. The van der Waals surface area contributed by atoms with Gasteiger partial charge in [0.05, 0.1) is 5.69 Å². The second-order valence-electron chi connectivity index (χ2n) is 10.2. The van der Waals surface area contributed by atoms with Gasteiger partial charge in [-0.3, -0.25) is 9.59 Å². The van der Waals surface area contributed by atoms with E-state index in [0.29, 0.717) is 29.0 Å². The summed E-state index contributed by atoms with van der Waals surface area (Å²) < 4.78 is 16.8. The maximum absolute atomic E-state index is 13.3. The van der Waals surface area contributed by atoms with Gasteiger partial charge in [0.25, 0.3) is 11.8 Å². The van der Waals surface area contributed by atoms with E-state index in [1.54, 1.807) is 18.0 Å². The summed E-state index contributed by atoms with van der Waals surface area (Å²) in [5, 5.41) is 6.67. The molecule has 0 unspecified atom stereocenters. The Morgan fingerprint density at radius 3 is 2.68 bits per heavy atom. The molecule has 37 heavy (non-hydrogen) atoms. The van der Waals surface area contributed by atoms with E-state index in [9.17, 15) is 9.59 Å². The highest BCUT2D eigenvalue weighted by molar-refractivity contribution is 6.03. The van der Waals surface area contributed by atoms with Gasteiger partial charge in [0, 0.05) is 56.9 Å². The lowest BCUT2D eigenvalue weighted by atomic mass is 9.73. The molecular formula is C28H30N4O5. The van der Waals surface area contributed by atoms with E-state index in [-0.39, 0.29) is 18.2 Å². The van der Waals surface area contributed by atoms with Crippen molar-refractivity contribution in [3.63, 3.8) is 0 Å². The van der Waals surface area contributed by atoms with Crippen molar-refractivity contribution in [2.24, 2.45) is 5.41 Å². The summed E-state index contributed by atoms with van der Waals surface area (Å²) in [5.74, 6) is 0.462. The van der Waals surface area contributed by atoms with Crippen LogP contribution in [0, 0.1) is 5.41 Å². The molecule has 192 valence electrons. The van der Waals surface area contributed by atoms with E-state index >= 15 is 0 Å². The van der Waals surface area contributed by atoms with Crippen LogP contribution in [0.25, 0.3) is 0 Å². The first-order valence-corrected chi connectivity index (χ1v) is 12.7. The lowest BCUT2D eigenvalue weighted by molar-refractivity contribution is -0.120. The second kappa shape index (κ2) is 9.55. The van der Waals surface area contributed by atoms with Crippen LogP contribution in [-0.4, -0.2) is 63.0 Å². The van der Waals surface area contributed by atoms with Crippen molar-refractivity contribution in [2.75, 3.05) is 49.8 Å². The molecule has 2 aromatic carbocycles. The van der Waals surface area contributed by atoms with Gasteiger partial charge in [0.15, 0.2) is 5.69 Å². The highest BCUT2D eigenvalue weighted by Crippen LogP contribution is 2.44. The molecule has 1 aromatic heterocycles. The van der Waals surface area contributed by atoms with E-state index in [1.807, 2.05) is 48.5 Å². The first-order chi connectivity index (χ1) is 18.0. The summed E-state index contributed by atoms with van der Waals surface area (Å²) in [6.45, 7) is 3.69. The van der Waals surface area contributed by atoms with Crippen LogP contribution in [0.4, 0.5) is 11.4 Å². The van der Waals surface area contributed by atoms with Gasteiger partial charge in [-0.2, -0.15) is 0 Å². The Kier molecular flexibility index (Phi) is 6.08. The van der Waals surface area contributed by atoms with Crippen LogP contribution in [0.1, 0.15) is 34.7 Å². The minimum Gasteiger partial charge on any atom is -0.489 e. The Morgan fingerprint density at radius 2 is 1.89 bits per heavy atom. The summed E-state index contributed by atoms with van der Waals surface area (Å²) in [5.41, 5.74) is 3.29. The number of amides is 2. The van der Waals surface area contributed by atoms with Crippen LogP contribution >= 0.6 is 0 Å². The van der Waals surface area contributed by atoms with Gasteiger partial charge < -0.3 is 29.1 Å². The van der Waals surface area contributed by atoms with E-state index in [4.69, 9.17) is 14.0 Å². The van der Waals surface area contributed by atoms with Crippen molar-refractivity contribution in [3.05, 3.63) is 71.6 Å². The molecule has 6 rings (SSSR count). The molecule has 3 aliphatic heterocycles. The molecule has 0 bridgehead atoms. The normalized spacial score (nSPS) is 20.6. The third kappa shape index (κ3) is 4.67. The van der Waals surface area contributed by atoms with Gasteiger partial charge in [0.1, 0.15) is 24.2 Å². The summed E-state index contributed by atoms with van der Waals surface area (Å²) in [7, 11) is 1.71. The Morgan fingerprint density at radius 1 is 1.11 bits per heavy atom. The largest absolute Gasteiger partial charge is 0.489 e. The van der Waals surface area contributed by atoms with E-state index in [1.165, 1.54) is 0 Å². The van der Waals surface area contributed by atoms with Crippen molar-refractivity contribution in [1.29, 1.82) is 0 Å². The summed E-state index contributed by atoms with van der Waals surface area (Å²) in [4.78, 5) is 30.1. The van der Waals surface area contributed by atoms with Gasteiger partial charge in [-0.25, -0.2) is 0 Å². The average molecular weight is 503 g/mol. The smallest absolute Gasteiger partial charge is 0.274 e. The molecule has 2 fully saturated rings. The van der Waals surface area contributed by atoms with Gasteiger partial charge in [-0.1, -0.05) is 35.5 Å². The van der Waals surface area contributed by atoms with Crippen LogP contribution < -0.4 is 19.9 Å². The van der Waals surface area contributed by atoms with Gasteiger partial charge in [-0.15, -0.1) is 0 Å². The van der Waals surface area contributed by atoms with Gasteiger partial charge >= 0.3 is 0 Å². The van der Waals surface area contributed by atoms with Crippen molar-refractivity contribution in [2.45, 2.75) is 25.3 Å². The molecule has 1 atom stereocenters. The van der Waals surface area contributed by atoms with E-state index in [2.05, 4.69) is 15.4 Å². The first kappa shape index (κ1) is 23.5. The standard InChI is InChI=1S/C28H30N4O5/c1-31-24-14-20(32-17-28(18-32)9-11-35-12-10-28)7-8-25(24)36-16-23(27(31)34)29-26(33)22-15-21(37-30-22)13-19-5-3-2-4-6-19/h2-8,14-15,23H,9-13,16-18H2,1H3,(H,29,33)/t23-/m1/s1. The molecule has 4 heterocycles. The van der Waals surface area contributed by atoms with Crippen LogP contribution in [0.3, 0.4) is 0 Å². The number of fused-ring (bicyclic) bond motifs is 1. The number of likely N-dealkylation sites (N-methyl/N-ethyl adjacent to an activating group) is 1. The maximum atomic E-state index is 13.3. The fraction of sp³-hybridized carbons (Fsp3) is 0.393. The molecular weight excluding hydrogens is 472 g/mol. The zero-order valence-corrected chi connectivity index (χ0v) is 20.8. The molecule has 0 saturated carbocycles. The topological polar surface area (TPSA) is 97.1 Å². The number of aromatic nitrogens is 1. The molecule has 1 N–H and O–H groups in total. The number of hydrogen-bond donors (Lipinski definition) is 1. The number of rotatable bonds is 5. The molecule has 1 spiro atoms. The first-order valence-electron chi connectivity index (χ1n) is 12.7. The molecule has 2 amide bonds. The van der Waals surface area contributed by atoms with E-state index < -0.39 is 11.9 Å². The lowest BCUT2D eigenvalue weighted by Crippen LogP contribution is -2.58. The van der Waals surface area contributed by atoms with E-state index in [0.717, 1.165) is 50.4 Å². The number of nitrogens with one attached hydrogen (secondary N) is 1. The molecule has 9 nitrogen and oxygen atoms in total. The van der Waals surface area contributed by atoms with Crippen LogP contribution in [-0.2, 0) is 16.0 Å². The zero-order valence-electron chi connectivity index (χ0n) is 20.8. The Labute approximate surface area is 215 Å². The molecule has 3 aromatic rings. The van der Waals surface area contributed by atoms with Crippen LogP contribution in [0.5, 0.6) is 5.75 Å². The summed E-state index contributed by atoms with van der Waals surface area (Å²) >= 11 is 0. The Hall–Kier alpha value is -3.85.